The molecule has 28 heavy (non-hydrogen) atoms. The van der Waals surface area contributed by atoms with Crippen molar-refractivity contribution >= 4 is 44.2 Å². The van der Waals surface area contributed by atoms with Crippen LogP contribution in [0.1, 0.15) is 10.4 Å². The van der Waals surface area contributed by atoms with Crippen LogP contribution >= 0.6 is 22.9 Å². The average molecular weight is 418 g/mol. The SMILES string of the molecule is COc1ccc(C(=O)N2CCN(c3nc4ccc(Cl)cc4s3)CC2)c(OC)c1. The molecule has 1 aliphatic heterocycles. The lowest BCUT2D eigenvalue weighted by molar-refractivity contribution is 0.0743. The summed E-state index contributed by atoms with van der Waals surface area (Å²) in [6, 6.07) is 11.0. The third-order valence-electron chi connectivity index (χ3n) is 4.82. The number of hydrogen-bond donors (Lipinski definition) is 0. The van der Waals surface area contributed by atoms with Crippen LogP contribution in [0.15, 0.2) is 36.4 Å². The van der Waals surface area contributed by atoms with Crippen molar-refractivity contribution in [1.29, 1.82) is 0 Å². The van der Waals surface area contributed by atoms with Crippen molar-refractivity contribution in [3.8, 4) is 11.5 Å². The van der Waals surface area contributed by atoms with Crippen LogP contribution in [0.5, 0.6) is 11.5 Å². The minimum absolute atomic E-state index is 0.0322. The van der Waals surface area contributed by atoms with E-state index in [0.29, 0.717) is 35.2 Å². The number of carbonyl (C=O) groups is 1. The first-order valence-corrected chi connectivity index (χ1v) is 10.1. The van der Waals surface area contributed by atoms with Gasteiger partial charge in [-0.05, 0) is 30.3 Å². The number of fused-ring (bicyclic) bond motifs is 1. The molecule has 0 atom stereocenters. The normalized spacial score (nSPS) is 14.4. The summed E-state index contributed by atoms with van der Waals surface area (Å²) in [5, 5.41) is 1.68. The van der Waals surface area contributed by atoms with Gasteiger partial charge < -0.3 is 19.3 Å². The molecule has 1 saturated heterocycles. The Kier molecular flexibility index (Phi) is 5.28. The summed E-state index contributed by atoms with van der Waals surface area (Å²) in [6.07, 6.45) is 0. The molecule has 146 valence electrons. The molecule has 0 radical (unpaired) electrons. The van der Waals surface area contributed by atoms with Gasteiger partial charge in [0.1, 0.15) is 11.5 Å². The molecule has 6 nitrogen and oxygen atoms in total. The maximum atomic E-state index is 13.0. The molecule has 0 saturated carbocycles. The molecule has 8 heteroatoms. The zero-order valence-electron chi connectivity index (χ0n) is 15.6. The van der Waals surface area contributed by atoms with Gasteiger partial charge in [0.25, 0.3) is 5.91 Å². The average Bonchev–Trinajstić information content (AvgIpc) is 3.16. The number of thiazole rings is 1. The number of rotatable bonds is 4. The molecule has 1 amide bonds. The molecular formula is C20H20ClN3O3S. The van der Waals surface area contributed by atoms with Crippen molar-refractivity contribution < 1.29 is 14.3 Å². The van der Waals surface area contributed by atoms with Crippen LogP contribution in [-0.4, -0.2) is 56.2 Å². The number of methoxy groups -OCH3 is 2. The molecular weight excluding hydrogens is 398 g/mol. The predicted molar refractivity (Wildman–Crippen MR) is 112 cm³/mol. The first-order chi connectivity index (χ1) is 13.6. The molecule has 3 aromatic rings. The minimum atomic E-state index is -0.0322. The van der Waals surface area contributed by atoms with Crippen molar-refractivity contribution in [3.63, 3.8) is 0 Å². The molecule has 0 N–H and O–H groups in total. The number of piperazine rings is 1. The molecule has 1 aliphatic rings. The van der Waals surface area contributed by atoms with Crippen LogP contribution in [0.25, 0.3) is 10.2 Å². The van der Waals surface area contributed by atoms with E-state index in [4.69, 9.17) is 26.1 Å². The molecule has 1 aromatic heterocycles. The van der Waals surface area contributed by atoms with Crippen molar-refractivity contribution in [3.05, 3.63) is 47.0 Å². The molecule has 0 bridgehead atoms. The monoisotopic (exact) mass is 417 g/mol. The van der Waals surface area contributed by atoms with Gasteiger partial charge in [-0.25, -0.2) is 4.98 Å². The fourth-order valence-corrected chi connectivity index (χ4v) is 4.56. The summed E-state index contributed by atoms with van der Waals surface area (Å²) < 4.78 is 11.7. The fraction of sp³-hybridized carbons (Fsp3) is 0.300. The number of carbonyl (C=O) groups excluding carboxylic acids is 1. The van der Waals surface area contributed by atoms with E-state index in [1.165, 1.54) is 0 Å². The van der Waals surface area contributed by atoms with Crippen LogP contribution in [0.2, 0.25) is 5.02 Å². The number of nitrogens with zero attached hydrogens (tertiary/aromatic N) is 3. The van der Waals surface area contributed by atoms with Gasteiger partial charge in [0.15, 0.2) is 5.13 Å². The standard InChI is InChI=1S/C20H20ClN3O3S/c1-26-14-4-5-15(17(12-14)27-2)19(25)23-7-9-24(10-8-23)20-22-16-6-3-13(21)11-18(16)28-20/h3-6,11-12H,7-10H2,1-2H3. The third-order valence-corrected chi connectivity index (χ3v) is 6.13. The van der Waals surface area contributed by atoms with Crippen LogP contribution < -0.4 is 14.4 Å². The largest absolute Gasteiger partial charge is 0.497 e. The Balaban J connectivity index is 1.46. The van der Waals surface area contributed by atoms with Crippen molar-refractivity contribution in [1.82, 2.24) is 9.88 Å². The van der Waals surface area contributed by atoms with Gasteiger partial charge in [0, 0.05) is 37.3 Å². The number of anilines is 1. The highest BCUT2D eigenvalue weighted by Crippen LogP contribution is 2.32. The van der Waals surface area contributed by atoms with Crippen LogP contribution in [0.3, 0.4) is 0 Å². The summed E-state index contributed by atoms with van der Waals surface area (Å²) in [6.45, 7) is 2.73. The van der Waals surface area contributed by atoms with E-state index in [0.717, 1.165) is 28.4 Å². The van der Waals surface area contributed by atoms with E-state index in [-0.39, 0.29) is 5.91 Å². The number of amides is 1. The predicted octanol–water partition coefficient (Wildman–Crippen LogP) is 3.93. The third kappa shape index (κ3) is 3.59. The number of benzene rings is 2. The van der Waals surface area contributed by atoms with E-state index in [1.54, 1.807) is 43.8 Å². The number of halogens is 1. The Labute approximate surface area is 172 Å². The van der Waals surface area contributed by atoms with Gasteiger partial charge >= 0.3 is 0 Å². The molecule has 0 spiro atoms. The summed E-state index contributed by atoms with van der Waals surface area (Å²) in [5.41, 5.74) is 1.50. The molecule has 2 heterocycles. The number of hydrogen-bond acceptors (Lipinski definition) is 6. The van der Waals surface area contributed by atoms with E-state index < -0.39 is 0 Å². The first kappa shape index (κ1) is 18.8. The topological polar surface area (TPSA) is 54.9 Å². The highest BCUT2D eigenvalue weighted by Gasteiger charge is 2.26. The second kappa shape index (κ2) is 7.85. The maximum absolute atomic E-state index is 13.0. The van der Waals surface area contributed by atoms with Crippen LogP contribution in [0.4, 0.5) is 5.13 Å². The van der Waals surface area contributed by atoms with E-state index in [2.05, 4.69) is 4.90 Å². The van der Waals surface area contributed by atoms with Crippen molar-refractivity contribution in [2.24, 2.45) is 0 Å². The van der Waals surface area contributed by atoms with Gasteiger partial charge in [0.2, 0.25) is 0 Å². The summed E-state index contributed by atoms with van der Waals surface area (Å²) in [7, 11) is 3.15. The number of aromatic nitrogens is 1. The zero-order valence-corrected chi connectivity index (χ0v) is 17.2. The lowest BCUT2D eigenvalue weighted by Gasteiger charge is -2.34. The van der Waals surface area contributed by atoms with Crippen molar-refractivity contribution in [2.45, 2.75) is 0 Å². The quantitative estimate of drug-likeness (QED) is 0.643. The highest BCUT2D eigenvalue weighted by molar-refractivity contribution is 7.22. The second-order valence-electron chi connectivity index (χ2n) is 6.45. The first-order valence-electron chi connectivity index (χ1n) is 8.91. The number of ether oxygens (including phenoxy) is 2. The second-order valence-corrected chi connectivity index (χ2v) is 7.90. The van der Waals surface area contributed by atoms with Crippen LogP contribution in [-0.2, 0) is 0 Å². The molecule has 1 fully saturated rings. The summed E-state index contributed by atoms with van der Waals surface area (Å²) in [5.74, 6) is 1.15. The lowest BCUT2D eigenvalue weighted by atomic mass is 10.1. The van der Waals surface area contributed by atoms with Gasteiger partial charge in [-0.15, -0.1) is 0 Å². The van der Waals surface area contributed by atoms with Gasteiger partial charge in [-0.2, -0.15) is 0 Å². The molecule has 0 aliphatic carbocycles. The molecule has 2 aromatic carbocycles. The van der Waals surface area contributed by atoms with Gasteiger partial charge in [0.05, 0.1) is 30.0 Å². The smallest absolute Gasteiger partial charge is 0.257 e. The van der Waals surface area contributed by atoms with E-state index in [1.807, 2.05) is 23.1 Å². The van der Waals surface area contributed by atoms with Crippen LogP contribution in [0, 0.1) is 0 Å². The summed E-state index contributed by atoms with van der Waals surface area (Å²) in [4.78, 5) is 21.7. The minimum Gasteiger partial charge on any atom is -0.497 e. The Morgan fingerprint density at radius 3 is 2.57 bits per heavy atom. The lowest BCUT2D eigenvalue weighted by Crippen LogP contribution is -2.48. The fourth-order valence-electron chi connectivity index (χ4n) is 3.27. The molecule has 4 rings (SSSR count). The Morgan fingerprint density at radius 2 is 1.86 bits per heavy atom. The Bertz CT molecular complexity index is 1020. The Morgan fingerprint density at radius 1 is 1.07 bits per heavy atom. The van der Waals surface area contributed by atoms with Gasteiger partial charge in [-0.3, -0.25) is 4.79 Å². The Hall–Kier alpha value is -2.51. The maximum Gasteiger partial charge on any atom is 0.257 e. The van der Waals surface area contributed by atoms with Gasteiger partial charge in [-0.1, -0.05) is 22.9 Å². The van der Waals surface area contributed by atoms with E-state index >= 15 is 0 Å². The van der Waals surface area contributed by atoms with Crippen molar-refractivity contribution in [2.75, 3.05) is 45.3 Å². The summed E-state index contributed by atoms with van der Waals surface area (Å²) >= 11 is 7.70. The highest BCUT2D eigenvalue weighted by atomic mass is 35.5. The van der Waals surface area contributed by atoms with E-state index in [9.17, 15) is 4.79 Å². The molecule has 0 unspecified atom stereocenters. The zero-order chi connectivity index (χ0) is 19.7.